The Bertz CT molecular complexity index is 292. The van der Waals surface area contributed by atoms with Gasteiger partial charge in [0.1, 0.15) is 0 Å². The van der Waals surface area contributed by atoms with Crippen LogP contribution < -0.4 is 0 Å². The topological polar surface area (TPSA) is 74.6 Å². The summed E-state index contributed by atoms with van der Waals surface area (Å²) in [5.41, 5.74) is 0.626. The van der Waals surface area contributed by atoms with Crippen LogP contribution in [0, 0.1) is 0 Å². The van der Waals surface area contributed by atoms with E-state index in [9.17, 15) is 9.59 Å². The highest BCUT2D eigenvalue weighted by Gasteiger charge is 2.01. The molecule has 0 amide bonds. The second-order valence-electron chi connectivity index (χ2n) is 4.02. The van der Waals surface area contributed by atoms with Gasteiger partial charge in [-0.1, -0.05) is 46.3 Å². The van der Waals surface area contributed by atoms with Crippen LogP contribution in [0.2, 0.25) is 0 Å². The number of rotatable bonds is 8. The Hall–Kier alpha value is -1.58. The van der Waals surface area contributed by atoms with Gasteiger partial charge in [0.25, 0.3) is 0 Å². The monoisotopic (exact) mass is 256 g/mol. The second kappa shape index (κ2) is 11.9. The summed E-state index contributed by atoms with van der Waals surface area (Å²) in [4.78, 5) is 20.2. The molecular weight excluding hydrogens is 232 g/mol. The lowest BCUT2D eigenvalue weighted by molar-refractivity contribution is -0.133. The van der Waals surface area contributed by atoms with Crippen LogP contribution in [0.5, 0.6) is 0 Å². The van der Waals surface area contributed by atoms with E-state index < -0.39 is 11.9 Å². The largest absolute Gasteiger partial charge is 0.478 e. The molecule has 18 heavy (non-hydrogen) atoms. The molecule has 0 saturated heterocycles. The van der Waals surface area contributed by atoms with E-state index in [-0.39, 0.29) is 0 Å². The number of hydrogen-bond donors (Lipinski definition) is 2. The lowest BCUT2D eigenvalue weighted by atomic mass is 10.1. The SMILES string of the molecule is C=C(CCC)C(=O)O.C=C(CCCCC)C(=O)O. The minimum Gasteiger partial charge on any atom is -0.478 e. The molecule has 0 fully saturated rings. The van der Waals surface area contributed by atoms with Crippen LogP contribution in [0.1, 0.15) is 52.4 Å². The summed E-state index contributed by atoms with van der Waals surface area (Å²) < 4.78 is 0. The third-order valence-electron chi connectivity index (χ3n) is 2.24. The number of unbranched alkanes of at least 4 members (excludes halogenated alkanes) is 2. The molecule has 0 saturated carbocycles. The second-order valence-corrected chi connectivity index (χ2v) is 4.02. The van der Waals surface area contributed by atoms with E-state index in [0.717, 1.165) is 25.7 Å². The molecule has 0 aromatic carbocycles. The van der Waals surface area contributed by atoms with Crippen molar-refractivity contribution in [3.05, 3.63) is 24.3 Å². The van der Waals surface area contributed by atoms with E-state index in [2.05, 4.69) is 20.1 Å². The first-order valence-corrected chi connectivity index (χ1v) is 6.18. The molecule has 0 aromatic rings. The number of carboxylic acids is 2. The molecule has 0 bridgehead atoms. The van der Waals surface area contributed by atoms with Crippen molar-refractivity contribution in [3.63, 3.8) is 0 Å². The lowest BCUT2D eigenvalue weighted by Gasteiger charge is -1.97. The molecular formula is C14H24O4. The molecule has 2 N–H and O–H groups in total. The predicted octanol–water partition coefficient (Wildman–Crippen LogP) is 3.63. The zero-order chi connectivity index (χ0) is 14.6. The fourth-order valence-corrected chi connectivity index (χ4v) is 1.10. The molecule has 104 valence electrons. The quantitative estimate of drug-likeness (QED) is 0.513. The first-order chi connectivity index (χ1) is 8.36. The number of carbonyl (C=O) groups is 2. The fourth-order valence-electron chi connectivity index (χ4n) is 1.10. The standard InChI is InChI=1S/C8H14O2.C6H10O2/c1-3-4-5-6-7(2)8(9)10;1-3-4-5(2)6(7)8/h2-6H2,1H3,(H,9,10);2-4H2,1H3,(H,7,8). The Balaban J connectivity index is 0. The Morgan fingerprint density at radius 1 is 0.833 bits per heavy atom. The predicted molar refractivity (Wildman–Crippen MR) is 72.6 cm³/mol. The van der Waals surface area contributed by atoms with E-state index in [1.165, 1.54) is 0 Å². The van der Waals surface area contributed by atoms with E-state index in [0.29, 0.717) is 24.0 Å². The average Bonchev–Trinajstić information content (AvgIpc) is 2.30. The molecule has 0 radical (unpaired) electrons. The third kappa shape index (κ3) is 12.5. The highest BCUT2D eigenvalue weighted by Crippen LogP contribution is 2.06. The van der Waals surface area contributed by atoms with Crippen LogP contribution in [-0.4, -0.2) is 22.2 Å². The maximum Gasteiger partial charge on any atom is 0.330 e. The van der Waals surface area contributed by atoms with Crippen LogP contribution in [0.4, 0.5) is 0 Å². The van der Waals surface area contributed by atoms with Crippen molar-refractivity contribution in [2.24, 2.45) is 0 Å². The number of carboxylic acid groups (broad SMARTS) is 2. The fraction of sp³-hybridized carbons (Fsp3) is 0.571. The molecule has 0 spiro atoms. The van der Waals surface area contributed by atoms with Gasteiger partial charge in [0.05, 0.1) is 0 Å². The summed E-state index contributed by atoms with van der Waals surface area (Å²) in [6, 6.07) is 0. The maximum absolute atomic E-state index is 10.2. The van der Waals surface area contributed by atoms with Gasteiger partial charge in [-0.05, 0) is 19.3 Å². The van der Waals surface area contributed by atoms with Gasteiger partial charge in [-0.3, -0.25) is 0 Å². The summed E-state index contributed by atoms with van der Waals surface area (Å²) in [5, 5.41) is 16.6. The highest BCUT2D eigenvalue weighted by molar-refractivity contribution is 5.85. The molecule has 0 aliphatic rings. The third-order valence-corrected chi connectivity index (χ3v) is 2.24. The van der Waals surface area contributed by atoms with Crippen LogP contribution in [-0.2, 0) is 9.59 Å². The zero-order valence-electron chi connectivity index (χ0n) is 11.4. The molecule has 0 atom stereocenters. The van der Waals surface area contributed by atoms with E-state index >= 15 is 0 Å². The molecule has 0 unspecified atom stereocenters. The lowest BCUT2D eigenvalue weighted by Crippen LogP contribution is -1.98. The van der Waals surface area contributed by atoms with Crippen molar-refractivity contribution < 1.29 is 19.8 Å². The Morgan fingerprint density at radius 2 is 1.28 bits per heavy atom. The number of aliphatic carboxylic acids is 2. The van der Waals surface area contributed by atoms with E-state index in [1.54, 1.807) is 0 Å². The van der Waals surface area contributed by atoms with Crippen molar-refractivity contribution in [1.82, 2.24) is 0 Å². The normalized spacial score (nSPS) is 9.00. The van der Waals surface area contributed by atoms with Crippen LogP contribution in [0.25, 0.3) is 0 Å². The summed E-state index contributed by atoms with van der Waals surface area (Å²) >= 11 is 0. The molecule has 4 heteroatoms. The molecule has 4 nitrogen and oxygen atoms in total. The molecule has 0 rings (SSSR count). The summed E-state index contributed by atoms with van der Waals surface area (Å²) in [6.07, 6.45) is 5.23. The summed E-state index contributed by atoms with van der Waals surface area (Å²) in [7, 11) is 0. The van der Waals surface area contributed by atoms with Gasteiger partial charge >= 0.3 is 11.9 Å². The van der Waals surface area contributed by atoms with Crippen molar-refractivity contribution >= 4 is 11.9 Å². The van der Waals surface area contributed by atoms with Gasteiger partial charge in [0, 0.05) is 11.1 Å². The average molecular weight is 256 g/mol. The van der Waals surface area contributed by atoms with Gasteiger partial charge in [-0.25, -0.2) is 9.59 Å². The smallest absolute Gasteiger partial charge is 0.330 e. The van der Waals surface area contributed by atoms with E-state index in [1.807, 2.05) is 6.92 Å². The van der Waals surface area contributed by atoms with Crippen LogP contribution in [0.15, 0.2) is 24.3 Å². The zero-order valence-corrected chi connectivity index (χ0v) is 11.4. The maximum atomic E-state index is 10.2. The van der Waals surface area contributed by atoms with Gasteiger partial charge in [0.15, 0.2) is 0 Å². The van der Waals surface area contributed by atoms with Gasteiger partial charge in [-0.15, -0.1) is 0 Å². The highest BCUT2D eigenvalue weighted by atomic mass is 16.4. The van der Waals surface area contributed by atoms with Crippen molar-refractivity contribution in [2.45, 2.75) is 52.4 Å². The van der Waals surface area contributed by atoms with E-state index in [4.69, 9.17) is 10.2 Å². The minimum atomic E-state index is -0.883. The molecule has 0 heterocycles. The first-order valence-electron chi connectivity index (χ1n) is 6.18. The Morgan fingerprint density at radius 3 is 1.56 bits per heavy atom. The first kappa shape index (κ1) is 18.8. The number of hydrogen-bond acceptors (Lipinski definition) is 2. The van der Waals surface area contributed by atoms with Crippen molar-refractivity contribution in [1.29, 1.82) is 0 Å². The Labute approximate surface area is 109 Å². The van der Waals surface area contributed by atoms with Gasteiger partial charge < -0.3 is 10.2 Å². The molecule has 0 aliphatic carbocycles. The van der Waals surface area contributed by atoms with Crippen molar-refractivity contribution in [2.75, 3.05) is 0 Å². The van der Waals surface area contributed by atoms with Crippen LogP contribution in [0.3, 0.4) is 0 Å². The summed E-state index contributed by atoms with van der Waals surface area (Å²) in [5.74, 6) is -1.75. The molecule has 0 aliphatic heterocycles. The van der Waals surface area contributed by atoms with Crippen molar-refractivity contribution in [3.8, 4) is 0 Å². The Kier molecular flexibility index (Phi) is 12.4. The van der Waals surface area contributed by atoms with Crippen LogP contribution >= 0.6 is 0 Å². The minimum absolute atomic E-state index is 0.299. The van der Waals surface area contributed by atoms with Gasteiger partial charge in [-0.2, -0.15) is 0 Å². The molecule has 0 aromatic heterocycles. The summed E-state index contributed by atoms with van der Waals surface area (Å²) in [6.45, 7) is 10.8. The van der Waals surface area contributed by atoms with Gasteiger partial charge in [0.2, 0.25) is 0 Å².